The molecule has 92 valence electrons. The molecule has 1 aromatic heterocycles. The van der Waals surface area contributed by atoms with E-state index in [1.165, 1.54) is 0 Å². The molecule has 0 unspecified atom stereocenters. The Kier molecular flexibility index (Phi) is 3.66. The van der Waals surface area contributed by atoms with Gasteiger partial charge < -0.3 is 19.6 Å². The molecule has 1 heterocycles. The first kappa shape index (κ1) is 12.0. The maximum Gasteiger partial charge on any atom is 0.176 e. The predicted molar refractivity (Wildman–Crippen MR) is 66.2 cm³/mol. The zero-order valence-electron chi connectivity index (χ0n) is 10.1. The number of furan rings is 1. The minimum atomic E-state index is -0.353. The van der Waals surface area contributed by atoms with E-state index in [2.05, 4.69) is 5.32 Å². The lowest BCUT2D eigenvalue weighted by atomic mass is 10.2. The van der Waals surface area contributed by atoms with Crippen LogP contribution in [0.3, 0.4) is 0 Å². The van der Waals surface area contributed by atoms with Gasteiger partial charge in [-0.3, -0.25) is 0 Å². The van der Waals surface area contributed by atoms with E-state index in [1.807, 2.05) is 24.3 Å². The van der Waals surface area contributed by atoms with Crippen molar-refractivity contribution in [2.75, 3.05) is 13.7 Å². The molecule has 0 saturated heterocycles. The summed E-state index contributed by atoms with van der Waals surface area (Å²) in [6.07, 6.45) is -0.353. The van der Waals surface area contributed by atoms with Crippen molar-refractivity contribution in [1.82, 2.24) is 5.32 Å². The van der Waals surface area contributed by atoms with Gasteiger partial charge in [0.15, 0.2) is 11.3 Å². The molecule has 2 rings (SSSR count). The highest BCUT2D eigenvalue weighted by atomic mass is 16.5. The van der Waals surface area contributed by atoms with Crippen molar-refractivity contribution >= 4 is 11.0 Å². The lowest BCUT2D eigenvalue weighted by Crippen LogP contribution is -2.23. The Morgan fingerprint density at radius 1 is 1.47 bits per heavy atom. The molecule has 0 aliphatic heterocycles. The monoisotopic (exact) mass is 235 g/mol. The minimum absolute atomic E-state index is 0.353. The molecule has 1 atom stereocenters. The fourth-order valence-corrected chi connectivity index (χ4v) is 1.74. The van der Waals surface area contributed by atoms with Crippen molar-refractivity contribution in [2.24, 2.45) is 0 Å². The first-order valence-corrected chi connectivity index (χ1v) is 5.65. The molecule has 17 heavy (non-hydrogen) atoms. The van der Waals surface area contributed by atoms with E-state index < -0.39 is 0 Å². The summed E-state index contributed by atoms with van der Waals surface area (Å²) in [4.78, 5) is 0. The molecule has 0 radical (unpaired) electrons. The topological polar surface area (TPSA) is 54.6 Å². The van der Waals surface area contributed by atoms with Gasteiger partial charge in [-0.15, -0.1) is 0 Å². The quantitative estimate of drug-likeness (QED) is 0.831. The lowest BCUT2D eigenvalue weighted by Gasteiger charge is -2.04. The van der Waals surface area contributed by atoms with E-state index in [1.54, 1.807) is 14.0 Å². The third-order valence-corrected chi connectivity index (χ3v) is 2.52. The van der Waals surface area contributed by atoms with Crippen LogP contribution in [-0.2, 0) is 6.54 Å². The number of methoxy groups -OCH3 is 1. The molecule has 1 aromatic carbocycles. The molecule has 4 heteroatoms. The van der Waals surface area contributed by atoms with Crippen LogP contribution < -0.4 is 10.1 Å². The first-order valence-electron chi connectivity index (χ1n) is 5.65. The summed E-state index contributed by atoms with van der Waals surface area (Å²) in [7, 11) is 1.63. The number of para-hydroxylation sites is 1. The van der Waals surface area contributed by atoms with Crippen LogP contribution in [0.4, 0.5) is 0 Å². The predicted octanol–water partition coefficient (Wildman–Crippen LogP) is 1.91. The summed E-state index contributed by atoms with van der Waals surface area (Å²) in [6, 6.07) is 7.77. The second-order valence-electron chi connectivity index (χ2n) is 4.07. The molecular formula is C13H17NO3. The van der Waals surface area contributed by atoms with Gasteiger partial charge in [0.2, 0.25) is 0 Å². The number of rotatable bonds is 5. The summed E-state index contributed by atoms with van der Waals surface area (Å²) in [5.41, 5.74) is 0.767. The van der Waals surface area contributed by atoms with Gasteiger partial charge in [-0.1, -0.05) is 12.1 Å². The fourth-order valence-electron chi connectivity index (χ4n) is 1.74. The Morgan fingerprint density at radius 3 is 3.00 bits per heavy atom. The van der Waals surface area contributed by atoms with Gasteiger partial charge in [0.1, 0.15) is 5.76 Å². The van der Waals surface area contributed by atoms with Crippen LogP contribution in [0.5, 0.6) is 5.75 Å². The average Bonchev–Trinajstić information content (AvgIpc) is 2.70. The fraction of sp³-hybridized carbons (Fsp3) is 0.385. The van der Waals surface area contributed by atoms with E-state index in [0.717, 1.165) is 22.5 Å². The van der Waals surface area contributed by atoms with Crippen molar-refractivity contribution in [2.45, 2.75) is 19.6 Å². The zero-order valence-corrected chi connectivity index (χ0v) is 10.1. The molecule has 0 amide bonds. The number of aliphatic hydroxyl groups is 1. The third-order valence-electron chi connectivity index (χ3n) is 2.52. The van der Waals surface area contributed by atoms with Crippen molar-refractivity contribution in [1.29, 1.82) is 0 Å². The standard InChI is InChI=1S/C13H17NO3/c1-9(15)7-14-8-11-6-10-4-3-5-12(16-2)13(10)17-11/h3-6,9,14-15H,7-8H2,1-2H3/t9-/m0/s1. The number of hydrogen-bond donors (Lipinski definition) is 2. The molecule has 0 bridgehead atoms. The molecule has 4 nitrogen and oxygen atoms in total. The summed E-state index contributed by atoms with van der Waals surface area (Å²) >= 11 is 0. The maximum atomic E-state index is 9.14. The third kappa shape index (κ3) is 2.78. The molecule has 0 spiro atoms. The molecule has 2 N–H and O–H groups in total. The van der Waals surface area contributed by atoms with E-state index in [4.69, 9.17) is 14.3 Å². The highest BCUT2D eigenvalue weighted by Crippen LogP contribution is 2.28. The summed E-state index contributed by atoms with van der Waals surface area (Å²) in [6.45, 7) is 2.89. The van der Waals surface area contributed by atoms with Crippen LogP contribution in [0.25, 0.3) is 11.0 Å². The van der Waals surface area contributed by atoms with Gasteiger partial charge in [0.05, 0.1) is 19.8 Å². The second kappa shape index (κ2) is 5.21. The van der Waals surface area contributed by atoms with E-state index in [9.17, 15) is 0 Å². The first-order chi connectivity index (χ1) is 8.20. The molecule has 0 saturated carbocycles. The lowest BCUT2D eigenvalue weighted by molar-refractivity contribution is 0.190. The minimum Gasteiger partial charge on any atom is -0.493 e. The van der Waals surface area contributed by atoms with Gasteiger partial charge in [0, 0.05) is 11.9 Å². The average molecular weight is 235 g/mol. The van der Waals surface area contributed by atoms with Crippen molar-refractivity contribution in [3.63, 3.8) is 0 Å². The maximum absolute atomic E-state index is 9.14. The molecule has 0 aliphatic rings. The normalized spacial score (nSPS) is 12.9. The number of nitrogens with one attached hydrogen (secondary N) is 1. The van der Waals surface area contributed by atoms with E-state index >= 15 is 0 Å². The number of aliphatic hydroxyl groups excluding tert-OH is 1. The highest BCUT2D eigenvalue weighted by Gasteiger charge is 2.08. The SMILES string of the molecule is COc1cccc2cc(CNC[C@H](C)O)oc12. The van der Waals surface area contributed by atoms with E-state index in [-0.39, 0.29) is 6.10 Å². The number of benzene rings is 1. The summed E-state index contributed by atoms with van der Waals surface area (Å²) in [5, 5.41) is 13.3. The Balaban J connectivity index is 2.14. The van der Waals surface area contributed by atoms with E-state index in [0.29, 0.717) is 13.1 Å². The number of ether oxygens (including phenoxy) is 1. The molecule has 0 fully saturated rings. The van der Waals surface area contributed by atoms with Crippen LogP contribution in [0.15, 0.2) is 28.7 Å². The summed E-state index contributed by atoms with van der Waals surface area (Å²) < 4.78 is 10.9. The van der Waals surface area contributed by atoms with Crippen LogP contribution in [0.1, 0.15) is 12.7 Å². The molecule has 0 aliphatic carbocycles. The van der Waals surface area contributed by atoms with Crippen molar-refractivity contribution < 1.29 is 14.3 Å². The van der Waals surface area contributed by atoms with Crippen LogP contribution in [0, 0.1) is 0 Å². The van der Waals surface area contributed by atoms with Gasteiger partial charge >= 0.3 is 0 Å². The second-order valence-corrected chi connectivity index (χ2v) is 4.07. The van der Waals surface area contributed by atoms with Gasteiger partial charge in [-0.2, -0.15) is 0 Å². The highest BCUT2D eigenvalue weighted by molar-refractivity contribution is 5.83. The Bertz CT molecular complexity index is 490. The Hall–Kier alpha value is -1.52. The van der Waals surface area contributed by atoms with Gasteiger partial charge in [-0.05, 0) is 19.1 Å². The van der Waals surface area contributed by atoms with Crippen molar-refractivity contribution in [3.8, 4) is 5.75 Å². The van der Waals surface area contributed by atoms with Crippen LogP contribution >= 0.6 is 0 Å². The van der Waals surface area contributed by atoms with Crippen LogP contribution in [-0.4, -0.2) is 24.9 Å². The number of hydrogen-bond acceptors (Lipinski definition) is 4. The smallest absolute Gasteiger partial charge is 0.176 e. The largest absolute Gasteiger partial charge is 0.493 e. The Labute approximate surface area is 100 Å². The molecule has 2 aromatic rings. The number of fused-ring (bicyclic) bond motifs is 1. The zero-order chi connectivity index (χ0) is 12.3. The Morgan fingerprint density at radius 2 is 2.29 bits per heavy atom. The molecular weight excluding hydrogens is 218 g/mol. The van der Waals surface area contributed by atoms with Gasteiger partial charge in [-0.25, -0.2) is 0 Å². The van der Waals surface area contributed by atoms with Gasteiger partial charge in [0.25, 0.3) is 0 Å². The summed E-state index contributed by atoms with van der Waals surface area (Å²) in [5.74, 6) is 1.58. The van der Waals surface area contributed by atoms with Crippen LogP contribution in [0.2, 0.25) is 0 Å². The van der Waals surface area contributed by atoms with Crippen molar-refractivity contribution in [3.05, 3.63) is 30.0 Å².